The second-order valence-corrected chi connectivity index (χ2v) is 5.70. The van der Waals surface area contributed by atoms with Gasteiger partial charge >= 0.3 is 0 Å². The van der Waals surface area contributed by atoms with Crippen molar-refractivity contribution in [3.05, 3.63) is 29.0 Å². The minimum atomic E-state index is -0.258. The zero-order valence-corrected chi connectivity index (χ0v) is 12.3. The number of anilines is 2. The summed E-state index contributed by atoms with van der Waals surface area (Å²) in [4.78, 5) is 13.0. The molecule has 5 nitrogen and oxygen atoms in total. The molecule has 0 unspecified atom stereocenters. The van der Waals surface area contributed by atoms with Gasteiger partial charge in [0.25, 0.3) is 0 Å². The lowest BCUT2D eigenvalue weighted by Crippen LogP contribution is -2.28. The van der Waals surface area contributed by atoms with Gasteiger partial charge in [-0.05, 0) is 20.3 Å². The van der Waals surface area contributed by atoms with Crippen molar-refractivity contribution in [2.45, 2.75) is 32.7 Å². The smallest absolute Gasteiger partial charge is 0.147 e. The average Bonchev–Trinajstić information content (AvgIpc) is 2.91. The molecule has 2 N–H and O–H groups in total. The Bertz CT molecular complexity index is 510. The van der Waals surface area contributed by atoms with E-state index < -0.39 is 0 Å². The highest BCUT2D eigenvalue weighted by Crippen LogP contribution is 2.26. The van der Waals surface area contributed by atoms with E-state index in [0.29, 0.717) is 0 Å². The van der Waals surface area contributed by atoms with Crippen molar-refractivity contribution in [3.63, 3.8) is 0 Å². The fourth-order valence-electron chi connectivity index (χ4n) is 1.67. The van der Waals surface area contributed by atoms with Crippen LogP contribution in [-0.2, 0) is 5.54 Å². The van der Waals surface area contributed by atoms with E-state index in [9.17, 15) is 0 Å². The Morgan fingerprint density at radius 2 is 2.05 bits per heavy atom. The Balaban J connectivity index is 2.10. The van der Waals surface area contributed by atoms with E-state index >= 15 is 0 Å². The van der Waals surface area contributed by atoms with Crippen molar-refractivity contribution in [2.24, 2.45) is 0 Å². The molecule has 0 radical (unpaired) electrons. The molecule has 19 heavy (non-hydrogen) atoms. The predicted molar refractivity (Wildman–Crippen MR) is 79.6 cm³/mol. The standard InChI is InChI=1S/C13H19N5S/c1-4-5-15-10-8-14-9-11(17-10)18-13(2,3)12-16-6-7-19-12/h6-9H,4-5H2,1-3H3,(H2,15,17,18). The highest BCUT2D eigenvalue weighted by Gasteiger charge is 2.23. The Morgan fingerprint density at radius 3 is 2.74 bits per heavy atom. The summed E-state index contributed by atoms with van der Waals surface area (Å²) in [6.07, 6.45) is 6.34. The molecule has 0 saturated heterocycles. The molecule has 102 valence electrons. The second kappa shape index (κ2) is 5.97. The first kappa shape index (κ1) is 13.7. The van der Waals surface area contributed by atoms with Gasteiger partial charge in [0.1, 0.15) is 16.6 Å². The first-order valence-electron chi connectivity index (χ1n) is 6.36. The molecule has 2 aromatic rings. The first-order valence-corrected chi connectivity index (χ1v) is 7.24. The monoisotopic (exact) mass is 277 g/mol. The van der Waals surface area contributed by atoms with Crippen LogP contribution >= 0.6 is 11.3 Å². The van der Waals surface area contributed by atoms with Crippen LogP contribution in [0.15, 0.2) is 24.0 Å². The van der Waals surface area contributed by atoms with E-state index in [4.69, 9.17) is 0 Å². The van der Waals surface area contributed by atoms with Crippen molar-refractivity contribution in [1.82, 2.24) is 15.0 Å². The van der Waals surface area contributed by atoms with Gasteiger partial charge in [0.15, 0.2) is 0 Å². The number of hydrogen-bond acceptors (Lipinski definition) is 6. The lowest BCUT2D eigenvalue weighted by Gasteiger charge is -2.24. The molecule has 0 spiro atoms. The third-order valence-electron chi connectivity index (χ3n) is 2.60. The topological polar surface area (TPSA) is 62.7 Å². The molecule has 2 aromatic heterocycles. The van der Waals surface area contributed by atoms with E-state index in [0.717, 1.165) is 29.6 Å². The summed E-state index contributed by atoms with van der Waals surface area (Å²) in [5.41, 5.74) is -0.258. The van der Waals surface area contributed by atoms with E-state index in [1.807, 2.05) is 11.6 Å². The van der Waals surface area contributed by atoms with Crippen LogP contribution in [0.4, 0.5) is 11.6 Å². The molecule has 2 heterocycles. The number of thiazole rings is 1. The predicted octanol–water partition coefficient (Wildman–Crippen LogP) is 3.10. The van der Waals surface area contributed by atoms with Gasteiger partial charge in [-0.15, -0.1) is 11.3 Å². The zero-order valence-electron chi connectivity index (χ0n) is 11.5. The fraction of sp³-hybridized carbons (Fsp3) is 0.462. The van der Waals surface area contributed by atoms with Crippen LogP contribution in [0, 0.1) is 0 Å². The summed E-state index contributed by atoms with van der Waals surface area (Å²) in [6.45, 7) is 7.18. The Labute approximate surface area is 117 Å². The summed E-state index contributed by atoms with van der Waals surface area (Å²) in [5, 5.41) is 9.61. The summed E-state index contributed by atoms with van der Waals surface area (Å²) in [5.74, 6) is 1.54. The normalized spacial score (nSPS) is 11.3. The highest BCUT2D eigenvalue weighted by molar-refractivity contribution is 7.09. The zero-order chi connectivity index (χ0) is 13.7. The number of hydrogen-bond donors (Lipinski definition) is 2. The van der Waals surface area contributed by atoms with Gasteiger partial charge in [0, 0.05) is 18.1 Å². The van der Waals surface area contributed by atoms with Gasteiger partial charge in [-0.25, -0.2) is 9.97 Å². The molecule has 0 bridgehead atoms. The Hall–Kier alpha value is -1.69. The van der Waals surface area contributed by atoms with Crippen LogP contribution in [0.2, 0.25) is 0 Å². The van der Waals surface area contributed by atoms with Gasteiger partial charge < -0.3 is 10.6 Å². The first-order chi connectivity index (χ1) is 9.12. The minimum Gasteiger partial charge on any atom is -0.369 e. The van der Waals surface area contributed by atoms with Crippen LogP contribution in [0.25, 0.3) is 0 Å². The van der Waals surface area contributed by atoms with E-state index in [-0.39, 0.29) is 5.54 Å². The van der Waals surface area contributed by atoms with E-state index in [2.05, 4.69) is 46.4 Å². The van der Waals surface area contributed by atoms with Crippen molar-refractivity contribution < 1.29 is 0 Å². The van der Waals surface area contributed by atoms with Crippen molar-refractivity contribution in [3.8, 4) is 0 Å². The molecular weight excluding hydrogens is 258 g/mol. The van der Waals surface area contributed by atoms with Crippen molar-refractivity contribution in [1.29, 1.82) is 0 Å². The highest BCUT2D eigenvalue weighted by atomic mass is 32.1. The number of rotatable bonds is 6. The summed E-state index contributed by atoms with van der Waals surface area (Å²) in [7, 11) is 0. The van der Waals surface area contributed by atoms with Gasteiger partial charge in [0.05, 0.1) is 17.9 Å². The average molecular weight is 277 g/mol. The molecule has 2 rings (SSSR count). The molecule has 0 amide bonds. The number of nitrogens with one attached hydrogen (secondary N) is 2. The van der Waals surface area contributed by atoms with Crippen LogP contribution in [0.5, 0.6) is 0 Å². The SMILES string of the molecule is CCCNc1cncc(NC(C)(C)c2nccs2)n1. The third-order valence-corrected chi connectivity index (χ3v) is 3.69. The number of aromatic nitrogens is 3. The minimum absolute atomic E-state index is 0.258. The molecule has 0 aliphatic rings. The third kappa shape index (κ3) is 3.64. The van der Waals surface area contributed by atoms with Crippen LogP contribution in [-0.4, -0.2) is 21.5 Å². The van der Waals surface area contributed by atoms with E-state index in [1.165, 1.54) is 0 Å². The molecule has 0 saturated carbocycles. The Kier molecular flexibility index (Phi) is 4.31. The van der Waals surface area contributed by atoms with Gasteiger partial charge in [-0.3, -0.25) is 4.98 Å². The lowest BCUT2D eigenvalue weighted by molar-refractivity contribution is 0.600. The molecule has 0 aliphatic heterocycles. The molecule has 0 aromatic carbocycles. The van der Waals surface area contributed by atoms with Gasteiger partial charge in [-0.1, -0.05) is 6.92 Å². The fourth-order valence-corrected chi connectivity index (χ4v) is 2.39. The summed E-state index contributed by atoms with van der Waals surface area (Å²) in [6, 6.07) is 0. The number of nitrogens with zero attached hydrogens (tertiary/aromatic N) is 3. The van der Waals surface area contributed by atoms with Crippen molar-refractivity contribution in [2.75, 3.05) is 17.2 Å². The Morgan fingerprint density at radius 1 is 1.26 bits per heavy atom. The maximum absolute atomic E-state index is 4.50. The largest absolute Gasteiger partial charge is 0.369 e. The van der Waals surface area contributed by atoms with Crippen LogP contribution < -0.4 is 10.6 Å². The summed E-state index contributed by atoms with van der Waals surface area (Å²) < 4.78 is 0. The molecule has 0 aliphatic carbocycles. The maximum Gasteiger partial charge on any atom is 0.147 e. The van der Waals surface area contributed by atoms with Gasteiger partial charge in [0.2, 0.25) is 0 Å². The van der Waals surface area contributed by atoms with Crippen LogP contribution in [0.1, 0.15) is 32.2 Å². The van der Waals surface area contributed by atoms with Crippen LogP contribution in [0.3, 0.4) is 0 Å². The quantitative estimate of drug-likeness (QED) is 0.849. The second-order valence-electron chi connectivity index (χ2n) is 4.80. The molecular formula is C13H19N5S. The molecule has 6 heteroatoms. The lowest BCUT2D eigenvalue weighted by atomic mass is 10.1. The summed E-state index contributed by atoms with van der Waals surface area (Å²) >= 11 is 1.63. The van der Waals surface area contributed by atoms with E-state index in [1.54, 1.807) is 23.7 Å². The molecule has 0 fully saturated rings. The van der Waals surface area contributed by atoms with Crippen molar-refractivity contribution >= 4 is 23.0 Å². The van der Waals surface area contributed by atoms with Gasteiger partial charge in [-0.2, -0.15) is 0 Å². The molecule has 0 atom stereocenters. The maximum atomic E-state index is 4.50.